The molecule has 2 atom stereocenters. The number of hydrogen-bond acceptors (Lipinski definition) is 3. The van der Waals surface area contributed by atoms with Crippen LogP contribution in [-0.4, -0.2) is 24.5 Å². The van der Waals surface area contributed by atoms with Crippen LogP contribution in [0.25, 0.3) is 0 Å². The second kappa shape index (κ2) is 7.02. The van der Waals surface area contributed by atoms with Gasteiger partial charge in [-0.05, 0) is 42.5 Å². The number of hydrogen-bond donors (Lipinski definition) is 2. The van der Waals surface area contributed by atoms with Crippen LogP contribution >= 0.6 is 0 Å². The molecule has 1 aromatic carbocycles. The maximum absolute atomic E-state index is 12.1. The SMILES string of the molecule is CC[C@@H]1CCC[C@H](NC(=O)C(=O)Nc2ccc3c(c2)CCO3)C1. The molecular weight excluding hydrogens is 292 g/mol. The molecule has 1 aliphatic heterocycles. The Morgan fingerprint density at radius 2 is 2.13 bits per heavy atom. The van der Waals surface area contributed by atoms with E-state index in [-0.39, 0.29) is 6.04 Å². The van der Waals surface area contributed by atoms with Gasteiger partial charge < -0.3 is 15.4 Å². The fourth-order valence-electron chi connectivity index (χ4n) is 3.50. The Morgan fingerprint density at radius 1 is 1.26 bits per heavy atom. The van der Waals surface area contributed by atoms with Gasteiger partial charge in [0.2, 0.25) is 0 Å². The van der Waals surface area contributed by atoms with Gasteiger partial charge in [-0.25, -0.2) is 0 Å². The fraction of sp³-hybridized carbons (Fsp3) is 0.556. The summed E-state index contributed by atoms with van der Waals surface area (Å²) in [6.07, 6.45) is 6.26. The minimum absolute atomic E-state index is 0.125. The standard InChI is InChI=1S/C18H24N2O3/c1-2-12-4-3-5-14(10-12)19-17(21)18(22)20-15-6-7-16-13(11-15)8-9-23-16/h6-7,11-12,14H,2-5,8-10H2,1H3,(H,19,21)(H,20,22)/t12-,14+/m1/s1. The Labute approximate surface area is 136 Å². The summed E-state index contributed by atoms with van der Waals surface area (Å²) < 4.78 is 5.44. The third kappa shape index (κ3) is 3.84. The van der Waals surface area contributed by atoms with Crippen molar-refractivity contribution in [1.29, 1.82) is 0 Å². The van der Waals surface area contributed by atoms with Crippen molar-refractivity contribution < 1.29 is 14.3 Å². The van der Waals surface area contributed by atoms with Crippen molar-refractivity contribution >= 4 is 17.5 Å². The summed E-state index contributed by atoms with van der Waals surface area (Å²) >= 11 is 0. The van der Waals surface area contributed by atoms with Crippen LogP contribution in [0.1, 0.15) is 44.6 Å². The van der Waals surface area contributed by atoms with Gasteiger partial charge in [-0.3, -0.25) is 9.59 Å². The zero-order valence-corrected chi connectivity index (χ0v) is 13.6. The number of benzene rings is 1. The van der Waals surface area contributed by atoms with E-state index in [0.717, 1.165) is 43.4 Å². The van der Waals surface area contributed by atoms with Gasteiger partial charge in [0.15, 0.2) is 0 Å². The number of ether oxygens (including phenoxy) is 1. The van der Waals surface area contributed by atoms with Crippen LogP contribution in [-0.2, 0) is 16.0 Å². The highest BCUT2D eigenvalue weighted by molar-refractivity contribution is 6.39. The maximum Gasteiger partial charge on any atom is 0.313 e. The van der Waals surface area contributed by atoms with Crippen LogP contribution in [0.4, 0.5) is 5.69 Å². The van der Waals surface area contributed by atoms with E-state index in [2.05, 4.69) is 17.6 Å². The van der Waals surface area contributed by atoms with Crippen molar-refractivity contribution in [3.8, 4) is 5.75 Å². The van der Waals surface area contributed by atoms with E-state index in [1.54, 1.807) is 6.07 Å². The van der Waals surface area contributed by atoms with E-state index in [1.807, 2.05) is 12.1 Å². The molecule has 2 aliphatic rings. The van der Waals surface area contributed by atoms with Gasteiger partial charge in [0, 0.05) is 18.2 Å². The summed E-state index contributed by atoms with van der Waals surface area (Å²) in [5.74, 6) is 0.389. The molecule has 124 valence electrons. The smallest absolute Gasteiger partial charge is 0.313 e. The summed E-state index contributed by atoms with van der Waals surface area (Å²) in [6, 6.07) is 5.60. The number of nitrogens with one attached hydrogen (secondary N) is 2. The van der Waals surface area contributed by atoms with Gasteiger partial charge in [0.05, 0.1) is 6.61 Å². The van der Waals surface area contributed by atoms with Crippen molar-refractivity contribution in [2.75, 3.05) is 11.9 Å². The lowest BCUT2D eigenvalue weighted by Gasteiger charge is -2.28. The highest BCUT2D eigenvalue weighted by Gasteiger charge is 2.24. The zero-order chi connectivity index (χ0) is 16.2. The molecule has 1 heterocycles. The van der Waals surface area contributed by atoms with E-state index in [4.69, 9.17) is 4.74 Å². The highest BCUT2D eigenvalue weighted by Crippen LogP contribution is 2.28. The summed E-state index contributed by atoms with van der Waals surface area (Å²) in [4.78, 5) is 24.2. The Hall–Kier alpha value is -2.04. The van der Waals surface area contributed by atoms with Gasteiger partial charge in [-0.15, -0.1) is 0 Å². The lowest BCUT2D eigenvalue weighted by molar-refractivity contribution is -0.136. The average molecular weight is 316 g/mol. The molecular formula is C18H24N2O3. The molecule has 0 aromatic heterocycles. The maximum atomic E-state index is 12.1. The normalized spacial score (nSPS) is 22.8. The third-order valence-electron chi connectivity index (χ3n) is 4.85. The molecule has 0 bridgehead atoms. The lowest BCUT2D eigenvalue weighted by Crippen LogP contribution is -2.43. The third-order valence-corrected chi connectivity index (χ3v) is 4.85. The minimum Gasteiger partial charge on any atom is -0.493 e. The molecule has 23 heavy (non-hydrogen) atoms. The molecule has 1 fully saturated rings. The Bertz CT molecular complexity index is 600. The molecule has 0 unspecified atom stereocenters. The van der Waals surface area contributed by atoms with Crippen LogP contribution in [0.2, 0.25) is 0 Å². The molecule has 5 nitrogen and oxygen atoms in total. The largest absolute Gasteiger partial charge is 0.493 e. The second-order valence-corrected chi connectivity index (χ2v) is 6.49. The van der Waals surface area contributed by atoms with Crippen molar-refractivity contribution in [3.63, 3.8) is 0 Å². The number of carbonyl (C=O) groups excluding carboxylic acids is 2. The summed E-state index contributed by atoms with van der Waals surface area (Å²) in [5, 5.41) is 5.56. The van der Waals surface area contributed by atoms with Crippen LogP contribution in [0, 0.1) is 5.92 Å². The number of carbonyl (C=O) groups is 2. The first kappa shape index (κ1) is 15.8. The van der Waals surface area contributed by atoms with E-state index in [9.17, 15) is 9.59 Å². The number of fused-ring (bicyclic) bond motifs is 1. The second-order valence-electron chi connectivity index (χ2n) is 6.49. The molecule has 1 aromatic rings. The first-order chi connectivity index (χ1) is 11.2. The zero-order valence-electron chi connectivity index (χ0n) is 13.6. The predicted octanol–water partition coefficient (Wildman–Crippen LogP) is 2.65. The van der Waals surface area contributed by atoms with Gasteiger partial charge >= 0.3 is 11.8 Å². The van der Waals surface area contributed by atoms with Crippen LogP contribution < -0.4 is 15.4 Å². The Morgan fingerprint density at radius 3 is 2.96 bits per heavy atom. The fourth-order valence-corrected chi connectivity index (χ4v) is 3.50. The van der Waals surface area contributed by atoms with Gasteiger partial charge in [0.1, 0.15) is 5.75 Å². The molecule has 1 saturated carbocycles. The van der Waals surface area contributed by atoms with Gasteiger partial charge in [-0.2, -0.15) is 0 Å². The molecule has 2 amide bonds. The molecule has 0 radical (unpaired) electrons. The molecule has 2 N–H and O–H groups in total. The Kier molecular flexibility index (Phi) is 4.84. The van der Waals surface area contributed by atoms with Crippen LogP contribution in [0.3, 0.4) is 0 Å². The van der Waals surface area contributed by atoms with E-state index < -0.39 is 11.8 Å². The number of rotatable bonds is 3. The van der Waals surface area contributed by atoms with Crippen molar-refractivity contribution in [2.45, 2.75) is 51.5 Å². The monoisotopic (exact) mass is 316 g/mol. The molecule has 0 spiro atoms. The van der Waals surface area contributed by atoms with Crippen molar-refractivity contribution in [3.05, 3.63) is 23.8 Å². The number of amides is 2. The first-order valence-corrected chi connectivity index (χ1v) is 8.53. The van der Waals surface area contributed by atoms with E-state index in [0.29, 0.717) is 18.2 Å². The molecule has 5 heteroatoms. The van der Waals surface area contributed by atoms with Gasteiger partial charge in [0.25, 0.3) is 0 Å². The number of anilines is 1. The van der Waals surface area contributed by atoms with Crippen LogP contribution in [0.5, 0.6) is 5.75 Å². The Balaban J connectivity index is 1.54. The predicted molar refractivity (Wildman–Crippen MR) is 88.5 cm³/mol. The summed E-state index contributed by atoms with van der Waals surface area (Å²) in [5.41, 5.74) is 1.71. The quantitative estimate of drug-likeness (QED) is 0.843. The highest BCUT2D eigenvalue weighted by atomic mass is 16.5. The summed E-state index contributed by atoms with van der Waals surface area (Å²) in [7, 11) is 0. The van der Waals surface area contributed by atoms with Gasteiger partial charge in [-0.1, -0.05) is 26.2 Å². The van der Waals surface area contributed by atoms with E-state index in [1.165, 1.54) is 6.42 Å². The molecule has 1 aliphatic carbocycles. The average Bonchev–Trinajstić information content (AvgIpc) is 3.02. The van der Waals surface area contributed by atoms with E-state index >= 15 is 0 Å². The van der Waals surface area contributed by atoms with Crippen LogP contribution in [0.15, 0.2) is 18.2 Å². The molecule has 0 saturated heterocycles. The van der Waals surface area contributed by atoms with Crippen molar-refractivity contribution in [1.82, 2.24) is 5.32 Å². The minimum atomic E-state index is -0.595. The molecule has 3 rings (SSSR count). The first-order valence-electron chi connectivity index (χ1n) is 8.53. The summed E-state index contributed by atoms with van der Waals surface area (Å²) in [6.45, 7) is 2.85. The topological polar surface area (TPSA) is 67.4 Å². The lowest BCUT2D eigenvalue weighted by atomic mass is 9.84. The van der Waals surface area contributed by atoms with Crippen molar-refractivity contribution in [2.24, 2.45) is 5.92 Å².